The zero-order chi connectivity index (χ0) is 9.35. The summed E-state index contributed by atoms with van der Waals surface area (Å²) in [5.74, 6) is -2.16. The van der Waals surface area contributed by atoms with Crippen molar-refractivity contribution in [3.63, 3.8) is 0 Å². The Kier molecular flexibility index (Phi) is 2.67. The summed E-state index contributed by atoms with van der Waals surface area (Å²) in [5.41, 5.74) is 0. The third kappa shape index (κ3) is 1.33. The fourth-order valence-corrected chi connectivity index (χ4v) is 1.15. The van der Waals surface area contributed by atoms with E-state index >= 15 is 0 Å². The molecule has 0 aromatic rings. The van der Waals surface area contributed by atoms with E-state index in [0.717, 1.165) is 0 Å². The van der Waals surface area contributed by atoms with Gasteiger partial charge in [-0.3, -0.25) is 0 Å². The smallest absolute Gasteiger partial charge is 0.219 e. The van der Waals surface area contributed by atoms with Crippen LogP contribution in [-0.4, -0.2) is 62.8 Å². The van der Waals surface area contributed by atoms with E-state index in [4.69, 9.17) is 20.4 Å². The Balaban J connectivity index is 2.72. The molecule has 5 N–H and O–H groups in total. The lowest BCUT2D eigenvalue weighted by Gasteiger charge is -2.22. The standard InChI is InChI=1S/C6H12O6/c7-1-3-4(9)5(10)6(11,2-8)12-3/h3-5,7-11H,1-2H2/t3-,4?,5+,6?/m1/s1. The molecule has 2 unspecified atom stereocenters. The molecule has 1 aliphatic rings. The summed E-state index contributed by atoms with van der Waals surface area (Å²) in [6.07, 6.45) is -4.04. The van der Waals surface area contributed by atoms with Crippen molar-refractivity contribution >= 4 is 0 Å². The van der Waals surface area contributed by atoms with Gasteiger partial charge in [-0.15, -0.1) is 0 Å². The second-order valence-corrected chi connectivity index (χ2v) is 2.78. The topological polar surface area (TPSA) is 110 Å². The number of ether oxygens (including phenoxy) is 1. The summed E-state index contributed by atoms with van der Waals surface area (Å²) >= 11 is 0. The molecule has 6 heteroatoms. The first kappa shape index (κ1) is 9.85. The molecule has 0 amide bonds. The van der Waals surface area contributed by atoms with E-state index in [-0.39, 0.29) is 0 Å². The predicted molar refractivity (Wildman–Crippen MR) is 36.0 cm³/mol. The lowest BCUT2D eigenvalue weighted by atomic mass is 10.1. The van der Waals surface area contributed by atoms with Crippen LogP contribution in [0.2, 0.25) is 0 Å². The molecule has 1 rings (SSSR count). The average molecular weight is 180 g/mol. The van der Waals surface area contributed by atoms with Gasteiger partial charge in [0.1, 0.15) is 18.3 Å². The second-order valence-electron chi connectivity index (χ2n) is 2.78. The van der Waals surface area contributed by atoms with Gasteiger partial charge in [0.25, 0.3) is 0 Å². The minimum atomic E-state index is -2.16. The molecule has 1 saturated heterocycles. The molecule has 6 nitrogen and oxygen atoms in total. The van der Waals surface area contributed by atoms with Gasteiger partial charge in [0.15, 0.2) is 0 Å². The van der Waals surface area contributed by atoms with E-state index in [0.29, 0.717) is 0 Å². The summed E-state index contributed by atoms with van der Waals surface area (Å²) in [6.45, 7) is -1.36. The van der Waals surface area contributed by atoms with E-state index in [2.05, 4.69) is 4.74 Å². The Morgan fingerprint density at radius 3 is 2.08 bits per heavy atom. The third-order valence-corrected chi connectivity index (χ3v) is 1.93. The number of hydrogen-bond acceptors (Lipinski definition) is 6. The number of aliphatic hydroxyl groups is 5. The minimum Gasteiger partial charge on any atom is -0.394 e. The van der Waals surface area contributed by atoms with Crippen LogP contribution in [0, 0.1) is 0 Å². The summed E-state index contributed by atoms with van der Waals surface area (Å²) in [4.78, 5) is 0. The molecule has 1 fully saturated rings. The molecule has 1 aliphatic heterocycles. The van der Waals surface area contributed by atoms with Crippen molar-refractivity contribution in [3.05, 3.63) is 0 Å². The molecule has 4 atom stereocenters. The number of aliphatic hydroxyl groups excluding tert-OH is 4. The molecule has 0 bridgehead atoms. The summed E-state index contributed by atoms with van der Waals surface area (Å²) in [5, 5.41) is 44.7. The Labute approximate surface area is 68.6 Å². The van der Waals surface area contributed by atoms with Gasteiger partial charge in [0.05, 0.1) is 13.2 Å². The maximum atomic E-state index is 9.25. The number of rotatable bonds is 2. The third-order valence-electron chi connectivity index (χ3n) is 1.93. The minimum absolute atomic E-state index is 0.527. The molecule has 72 valence electrons. The van der Waals surface area contributed by atoms with Crippen molar-refractivity contribution in [2.75, 3.05) is 13.2 Å². The molecular weight excluding hydrogens is 168 g/mol. The Morgan fingerprint density at radius 2 is 1.83 bits per heavy atom. The van der Waals surface area contributed by atoms with E-state index in [1.807, 2.05) is 0 Å². The molecule has 1 heterocycles. The molecule has 12 heavy (non-hydrogen) atoms. The van der Waals surface area contributed by atoms with Crippen LogP contribution in [-0.2, 0) is 4.74 Å². The molecule has 0 spiro atoms. The zero-order valence-corrected chi connectivity index (χ0v) is 6.29. The molecule has 0 aliphatic carbocycles. The zero-order valence-electron chi connectivity index (χ0n) is 6.29. The van der Waals surface area contributed by atoms with E-state index in [1.165, 1.54) is 0 Å². The fraction of sp³-hybridized carbons (Fsp3) is 1.00. The van der Waals surface area contributed by atoms with Gasteiger partial charge in [-0.1, -0.05) is 0 Å². The molecule has 0 radical (unpaired) electrons. The molecular formula is C6H12O6. The van der Waals surface area contributed by atoms with Gasteiger partial charge in [0.2, 0.25) is 5.79 Å². The van der Waals surface area contributed by atoms with Crippen molar-refractivity contribution in [1.29, 1.82) is 0 Å². The number of hydrogen-bond donors (Lipinski definition) is 5. The highest BCUT2D eigenvalue weighted by atomic mass is 16.7. The quantitative estimate of drug-likeness (QED) is 0.306. The van der Waals surface area contributed by atoms with Crippen molar-refractivity contribution < 1.29 is 30.3 Å². The maximum absolute atomic E-state index is 9.25. The van der Waals surface area contributed by atoms with Gasteiger partial charge < -0.3 is 30.3 Å². The van der Waals surface area contributed by atoms with E-state index in [9.17, 15) is 5.11 Å². The first-order chi connectivity index (χ1) is 5.55. The fourth-order valence-electron chi connectivity index (χ4n) is 1.15. The van der Waals surface area contributed by atoms with Crippen molar-refractivity contribution in [3.8, 4) is 0 Å². The second kappa shape index (κ2) is 3.25. The SMILES string of the molecule is OC[C@H]1OC(O)(CO)[C@@H](O)C1O. The monoisotopic (exact) mass is 180 g/mol. The average Bonchev–Trinajstić information content (AvgIpc) is 2.31. The van der Waals surface area contributed by atoms with E-state index < -0.39 is 37.3 Å². The normalized spacial score (nSPS) is 48.2. The largest absolute Gasteiger partial charge is 0.394 e. The molecule has 0 aromatic heterocycles. The highest BCUT2D eigenvalue weighted by molar-refractivity contribution is 4.94. The predicted octanol–water partition coefficient (Wildman–Crippen LogP) is -3.22. The first-order valence-electron chi connectivity index (χ1n) is 3.53. The van der Waals surface area contributed by atoms with Crippen LogP contribution in [0.1, 0.15) is 0 Å². The van der Waals surface area contributed by atoms with Crippen LogP contribution in [0.4, 0.5) is 0 Å². The Morgan fingerprint density at radius 1 is 1.25 bits per heavy atom. The van der Waals surface area contributed by atoms with Crippen LogP contribution in [0.3, 0.4) is 0 Å². The van der Waals surface area contributed by atoms with Crippen LogP contribution >= 0.6 is 0 Å². The van der Waals surface area contributed by atoms with Gasteiger partial charge in [-0.05, 0) is 0 Å². The van der Waals surface area contributed by atoms with Crippen molar-refractivity contribution in [2.24, 2.45) is 0 Å². The van der Waals surface area contributed by atoms with Gasteiger partial charge >= 0.3 is 0 Å². The summed E-state index contributed by atoms with van der Waals surface area (Å²) < 4.78 is 4.63. The Bertz CT molecular complexity index is 162. The lowest BCUT2D eigenvalue weighted by Crippen LogP contribution is -2.46. The molecule has 0 aromatic carbocycles. The molecule has 0 saturated carbocycles. The van der Waals surface area contributed by atoms with Crippen LogP contribution in [0.15, 0.2) is 0 Å². The van der Waals surface area contributed by atoms with Crippen molar-refractivity contribution in [2.45, 2.75) is 24.1 Å². The van der Waals surface area contributed by atoms with Crippen LogP contribution < -0.4 is 0 Å². The summed E-state index contributed by atoms with van der Waals surface area (Å²) in [7, 11) is 0. The lowest BCUT2D eigenvalue weighted by molar-refractivity contribution is -0.248. The highest BCUT2D eigenvalue weighted by Gasteiger charge is 2.52. The van der Waals surface area contributed by atoms with Crippen LogP contribution in [0.5, 0.6) is 0 Å². The maximum Gasteiger partial charge on any atom is 0.219 e. The Hall–Kier alpha value is -0.240. The van der Waals surface area contributed by atoms with Gasteiger partial charge in [0, 0.05) is 0 Å². The van der Waals surface area contributed by atoms with Crippen molar-refractivity contribution in [1.82, 2.24) is 0 Å². The van der Waals surface area contributed by atoms with Gasteiger partial charge in [-0.25, -0.2) is 0 Å². The van der Waals surface area contributed by atoms with E-state index in [1.54, 1.807) is 0 Å². The highest BCUT2D eigenvalue weighted by Crippen LogP contribution is 2.28. The van der Waals surface area contributed by atoms with Crippen LogP contribution in [0.25, 0.3) is 0 Å². The summed E-state index contributed by atoms with van der Waals surface area (Å²) in [6, 6.07) is 0. The first-order valence-corrected chi connectivity index (χ1v) is 3.53. The van der Waals surface area contributed by atoms with Gasteiger partial charge in [-0.2, -0.15) is 0 Å².